The lowest BCUT2D eigenvalue weighted by Gasteiger charge is -2.04. The smallest absolute Gasteiger partial charge is 0.265 e. The van der Waals surface area contributed by atoms with Crippen LogP contribution in [-0.4, -0.2) is 5.91 Å². The Bertz CT molecular complexity index is 582. The lowest BCUT2D eigenvalue weighted by atomic mass is 10.2. The maximum absolute atomic E-state index is 12.1. The van der Waals surface area contributed by atoms with Gasteiger partial charge in [-0.3, -0.25) is 4.79 Å². The molecular weight excluding hydrogens is 278 g/mol. The molecule has 1 N–H and O–H groups in total. The normalized spacial score (nSPS) is 13.3. The highest BCUT2D eigenvalue weighted by Gasteiger charge is 2.18. The number of alkyl halides is 1. The fourth-order valence-electron chi connectivity index (χ4n) is 2.31. The zero-order valence-corrected chi connectivity index (χ0v) is 12.0. The number of nitrogens with one attached hydrogen (secondary N) is 1. The van der Waals surface area contributed by atoms with Gasteiger partial charge in [0.25, 0.3) is 5.91 Å². The second-order valence-corrected chi connectivity index (χ2v) is 6.10. The van der Waals surface area contributed by atoms with Gasteiger partial charge in [-0.15, -0.1) is 22.9 Å². The van der Waals surface area contributed by atoms with Crippen LogP contribution in [-0.2, 0) is 18.7 Å². The summed E-state index contributed by atoms with van der Waals surface area (Å²) >= 11 is 7.36. The van der Waals surface area contributed by atoms with E-state index in [1.54, 1.807) is 11.3 Å². The summed E-state index contributed by atoms with van der Waals surface area (Å²) in [7, 11) is 0. The summed E-state index contributed by atoms with van der Waals surface area (Å²) in [6.07, 6.45) is 3.46. The predicted octanol–water partition coefficient (Wildman–Crippen LogP) is 4.23. The molecule has 0 aliphatic heterocycles. The van der Waals surface area contributed by atoms with E-state index in [0.29, 0.717) is 5.88 Å². The average Bonchev–Trinajstić information content (AvgIpc) is 3.00. The molecule has 0 fully saturated rings. The molecule has 98 valence electrons. The van der Waals surface area contributed by atoms with Crippen molar-refractivity contribution in [1.29, 1.82) is 0 Å². The average molecular weight is 292 g/mol. The van der Waals surface area contributed by atoms with Crippen LogP contribution in [0.25, 0.3) is 0 Å². The summed E-state index contributed by atoms with van der Waals surface area (Å²) in [6, 6.07) is 9.66. The van der Waals surface area contributed by atoms with E-state index >= 15 is 0 Å². The van der Waals surface area contributed by atoms with Crippen LogP contribution in [0.15, 0.2) is 30.3 Å². The standard InChI is InChI=1S/C15H14ClNOS/c16-9-10-4-6-12(7-5-10)17-15(18)14-8-11-2-1-3-13(11)19-14/h4-8H,1-3,9H2,(H,17,18). The molecule has 1 aliphatic rings. The highest BCUT2D eigenvalue weighted by atomic mass is 35.5. The predicted molar refractivity (Wildman–Crippen MR) is 80.3 cm³/mol. The Kier molecular flexibility index (Phi) is 3.58. The van der Waals surface area contributed by atoms with Crippen LogP contribution >= 0.6 is 22.9 Å². The van der Waals surface area contributed by atoms with Crippen LogP contribution in [0.4, 0.5) is 5.69 Å². The first-order valence-corrected chi connectivity index (χ1v) is 7.69. The molecule has 19 heavy (non-hydrogen) atoms. The summed E-state index contributed by atoms with van der Waals surface area (Å²) < 4.78 is 0. The molecule has 2 nitrogen and oxygen atoms in total. The van der Waals surface area contributed by atoms with Crippen molar-refractivity contribution < 1.29 is 4.79 Å². The summed E-state index contributed by atoms with van der Waals surface area (Å²) in [6.45, 7) is 0. The van der Waals surface area contributed by atoms with Crippen molar-refractivity contribution in [2.75, 3.05) is 5.32 Å². The number of thiophene rings is 1. The Morgan fingerprint density at radius 1 is 1.26 bits per heavy atom. The second kappa shape index (κ2) is 5.35. The minimum Gasteiger partial charge on any atom is -0.321 e. The van der Waals surface area contributed by atoms with Crippen molar-refractivity contribution in [2.24, 2.45) is 0 Å². The fourth-order valence-corrected chi connectivity index (χ4v) is 3.64. The first kappa shape index (κ1) is 12.7. The van der Waals surface area contributed by atoms with E-state index in [-0.39, 0.29) is 5.91 Å². The number of aryl methyl sites for hydroxylation is 2. The molecule has 0 bridgehead atoms. The molecule has 0 spiro atoms. The number of benzene rings is 1. The number of fused-ring (bicyclic) bond motifs is 1. The summed E-state index contributed by atoms with van der Waals surface area (Å²) in [4.78, 5) is 14.3. The topological polar surface area (TPSA) is 29.1 Å². The van der Waals surface area contributed by atoms with Gasteiger partial charge in [-0.05, 0) is 48.6 Å². The fraction of sp³-hybridized carbons (Fsp3) is 0.267. The number of hydrogen-bond acceptors (Lipinski definition) is 2. The number of carbonyl (C=O) groups excluding carboxylic acids is 1. The third-order valence-electron chi connectivity index (χ3n) is 3.34. The Morgan fingerprint density at radius 2 is 2.05 bits per heavy atom. The third-order valence-corrected chi connectivity index (χ3v) is 4.88. The minimum absolute atomic E-state index is 0.0157. The van der Waals surface area contributed by atoms with Crippen molar-refractivity contribution in [1.82, 2.24) is 0 Å². The Labute approximate surface area is 121 Å². The van der Waals surface area contributed by atoms with Crippen LogP contribution < -0.4 is 5.32 Å². The van der Waals surface area contributed by atoms with E-state index in [2.05, 4.69) is 5.32 Å². The zero-order chi connectivity index (χ0) is 13.2. The van der Waals surface area contributed by atoms with Crippen LogP contribution in [0, 0.1) is 0 Å². The monoisotopic (exact) mass is 291 g/mol. The van der Waals surface area contributed by atoms with Crippen molar-refractivity contribution >= 4 is 34.5 Å². The highest BCUT2D eigenvalue weighted by Crippen LogP contribution is 2.31. The van der Waals surface area contributed by atoms with Crippen LogP contribution in [0.1, 0.15) is 32.1 Å². The van der Waals surface area contributed by atoms with E-state index < -0.39 is 0 Å². The molecular formula is C15H14ClNOS. The zero-order valence-electron chi connectivity index (χ0n) is 10.4. The van der Waals surface area contributed by atoms with Crippen LogP contribution in [0.5, 0.6) is 0 Å². The van der Waals surface area contributed by atoms with E-state index in [0.717, 1.165) is 29.0 Å². The lowest BCUT2D eigenvalue weighted by Crippen LogP contribution is -2.10. The molecule has 1 aromatic carbocycles. The second-order valence-electron chi connectivity index (χ2n) is 4.70. The Balaban J connectivity index is 1.72. The van der Waals surface area contributed by atoms with Gasteiger partial charge in [0.05, 0.1) is 4.88 Å². The SMILES string of the molecule is O=C(Nc1ccc(CCl)cc1)c1cc2c(s1)CCC2. The van der Waals surface area contributed by atoms with Crippen molar-refractivity contribution in [2.45, 2.75) is 25.1 Å². The number of amides is 1. The minimum atomic E-state index is -0.0157. The molecule has 4 heteroatoms. The Hall–Kier alpha value is -1.32. The summed E-state index contributed by atoms with van der Waals surface area (Å²) in [5, 5.41) is 2.93. The molecule has 1 amide bonds. The molecule has 2 aromatic rings. The quantitative estimate of drug-likeness (QED) is 0.843. The highest BCUT2D eigenvalue weighted by molar-refractivity contribution is 7.14. The van der Waals surface area contributed by atoms with Gasteiger partial charge in [0.2, 0.25) is 0 Å². The first-order valence-electron chi connectivity index (χ1n) is 6.34. The molecule has 0 atom stereocenters. The van der Waals surface area contributed by atoms with Gasteiger partial charge in [-0.2, -0.15) is 0 Å². The van der Waals surface area contributed by atoms with Gasteiger partial charge in [-0.25, -0.2) is 0 Å². The molecule has 1 aliphatic carbocycles. The molecule has 0 saturated heterocycles. The van der Waals surface area contributed by atoms with Crippen molar-refractivity contribution in [3.05, 3.63) is 51.2 Å². The number of anilines is 1. The lowest BCUT2D eigenvalue weighted by molar-refractivity contribution is 0.103. The maximum atomic E-state index is 12.1. The molecule has 0 radical (unpaired) electrons. The number of halogens is 1. The van der Waals surface area contributed by atoms with Gasteiger partial charge in [-0.1, -0.05) is 12.1 Å². The first-order chi connectivity index (χ1) is 9.26. The Morgan fingerprint density at radius 3 is 2.74 bits per heavy atom. The molecule has 1 heterocycles. The third kappa shape index (κ3) is 2.67. The summed E-state index contributed by atoms with van der Waals surface area (Å²) in [5.74, 6) is 0.476. The van der Waals surface area contributed by atoms with E-state index in [4.69, 9.17) is 11.6 Å². The van der Waals surface area contributed by atoms with E-state index in [1.807, 2.05) is 30.3 Å². The van der Waals surface area contributed by atoms with E-state index in [9.17, 15) is 4.79 Å². The van der Waals surface area contributed by atoms with Crippen LogP contribution in [0.2, 0.25) is 0 Å². The van der Waals surface area contributed by atoms with Crippen molar-refractivity contribution in [3.8, 4) is 0 Å². The van der Waals surface area contributed by atoms with Crippen molar-refractivity contribution in [3.63, 3.8) is 0 Å². The largest absolute Gasteiger partial charge is 0.321 e. The number of rotatable bonds is 3. The number of hydrogen-bond donors (Lipinski definition) is 1. The van der Waals surface area contributed by atoms with Gasteiger partial charge in [0.1, 0.15) is 0 Å². The molecule has 1 aromatic heterocycles. The van der Waals surface area contributed by atoms with Gasteiger partial charge in [0.15, 0.2) is 0 Å². The van der Waals surface area contributed by atoms with E-state index in [1.165, 1.54) is 16.9 Å². The van der Waals surface area contributed by atoms with Crippen LogP contribution in [0.3, 0.4) is 0 Å². The molecule has 0 saturated carbocycles. The van der Waals surface area contributed by atoms with Gasteiger partial charge >= 0.3 is 0 Å². The molecule has 3 rings (SSSR count). The van der Waals surface area contributed by atoms with Gasteiger partial charge in [0, 0.05) is 16.4 Å². The molecule has 0 unspecified atom stereocenters. The maximum Gasteiger partial charge on any atom is 0.265 e. The number of carbonyl (C=O) groups is 1. The summed E-state index contributed by atoms with van der Waals surface area (Å²) in [5.41, 5.74) is 3.22. The van der Waals surface area contributed by atoms with Gasteiger partial charge < -0.3 is 5.32 Å².